The molecule has 1 heterocycles. The molecule has 1 aromatic carbocycles. The molecule has 0 radical (unpaired) electrons. The number of benzene rings is 1. The number of nitrogens with zero attached hydrogens (tertiary/aromatic N) is 3. The molecular weight excluding hydrogens is 388 g/mol. The molecule has 30 heavy (non-hydrogen) atoms. The van der Waals surface area contributed by atoms with E-state index in [9.17, 15) is 13.6 Å². The quantitative estimate of drug-likeness (QED) is 0.697. The topological polar surface area (TPSA) is 81.0 Å². The molecule has 0 spiro atoms. The zero-order valence-corrected chi connectivity index (χ0v) is 16.9. The summed E-state index contributed by atoms with van der Waals surface area (Å²) in [5.74, 6) is -1.23. The molecule has 1 saturated carbocycles. The maximum atomic E-state index is 13.5. The van der Waals surface area contributed by atoms with E-state index >= 15 is 0 Å². The van der Waals surface area contributed by atoms with Gasteiger partial charge in [-0.1, -0.05) is 6.07 Å². The first-order valence-corrected chi connectivity index (χ1v) is 9.61. The van der Waals surface area contributed by atoms with Crippen LogP contribution in [0.2, 0.25) is 0 Å². The molecule has 3 rings (SSSR count). The molecular formula is C22H23F2N5O. The highest BCUT2D eigenvalue weighted by molar-refractivity contribution is 5.77. The van der Waals surface area contributed by atoms with Crippen molar-refractivity contribution in [3.63, 3.8) is 0 Å². The molecule has 1 amide bonds. The largest absolute Gasteiger partial charge is 0.332 e. The minimum Gasteiger partial charge on any atom is -0.332 e. The lowest BCUT2D eigenvalue weighted by Gasteiger charge is -2.19. The highest BCUT2D eigenvalue weighted by atomic mass is 19.2. The van der Waals surface area contributed by atoms with E-state index in [1.165, 1.54) is 12.3 Å². The van der Waals surface area contributed by atoms with Gasteiger partial charge in [0.25, 0.3) is 0 Å². The van der Waals surface area contributed by atoms with E-state index in [1.54, 1.807) is 29.3 Å². The van der Waals surface area contributed by atoms with Gasteiger partial charge < -0.3 is 15.5 Å². The van der Waals surface area contributed by atoms with Crippen LogP contribution < -0.4 is 15.5 Å². The smallest absolute Gasteiger partial charge is 0.225 e. The summed E-state index contributed by atoms with van der Waals surface area (Å²) < 4.78 is 26.6. The Balaban J connectivity index is 1.48. The first-order valence-electron chi connectivity index (χ1n) is 9.61. The number of pyridine rings is 1. The second kappa shape index (κ2) is 9.01. The van der Waals surface area contributed by atoms with Crippen molar-refractivity contribution < 1.29 is 13.6 Å². The van der Waals surface area contributed by atoms with Crippen LogP contribution in [0.1, 0.15) is 37.3 Å². The number of amides is 1. The van der Waals surface area contributed by atoms with Gasteiger partial charge in [-0.25, -0.2) is 13.8 Å². The third kappa shape index (κ3) is 4.99. The Morgan fingerprint density at radius 3 is 2.67 bits per heavy atom. The summed E-state index contributed by atoms with van der Waals surface area (Å²) in [6.45, 7) is 2.26. The second-order valence-electron chi connectivity index (χ2n) is 7.32. The van der Waals surface area contributed by atoms with Gasteiger partial charge in [0.1, 0.15) is 11.9 Å². The predicted octanol–water partition coefficient (Wildman–Crippen LogP) is 3.31. The van der Waals surface area contributed by atoms with Crippen LogP contribution in [0.5, 0.6) is 0 Å². The molecule has 1 aliphatic carbocycles. The Morgan fingerprint density at radius 2 is 2.07 bits per heavy atom. The van der Waals surface area contributed by atoms with Crippen molar-refractivity contribution in [1.29, 1.82) is 5.26 Å². The Kier molecular flexibility index (Phi) is 6.43. The fourth-order valence-corrected chi connectivity index (χ4v) is 3.09. The summed E-state index contributed by atoms with van der Waals surface area (Å²) in [5.41, 5.74) is 1.58. The summed E-state index contributed by atoms with van der Waals surface area (Å²) >= 11 is 0. The van der Waals surface area contributed by atoms with Crippen LogP contribution in [0.15, 0.2) is 48.4 Å². The SMILES string of the molecule is C/C(=C\NC(=O)CCNC1(c2ccc(F)c(F)c2)CC1)N(C)c1ccc(C#N)cn1. The van der Waals surface area contributed by atoms with E-state index in [4.69, 9.17) is 5.26 Å². The second-order valence-corrected chi connectivity index (χ2v) is 7.32. The molecule has 2 N–H and O–H groups in total. The van der Waals surface area contributed by atoms with Crippen LogP contribution in [-0.4, -0.2) is 24.5 Å². The molecule has 1 fully saturated rings. The van der Waals surface area contributed by atoms with E-state index < -0.39 is 11.6 Å². The number of rotatable bonds is 8. The first kappa shape index (κ1) is 21.4. The van der Waals surface area contributed by atoms with Crippen molar-refractivity contribution in [2.45, 2.75) is 31.7 Å². The average molecular weight is 411 g/mol. The van der Waals surface area contributed by atoms with Crippen LogP contribution >= 0.6 is 0 Å². The van der Waals surface area contributed by atoms with Crippen molar-refractivity contribution in [3.05, 3.63) is 71.2 Å². The molecule has 0 bridgehead atoms. The van der Waals surface area contributed by atoms with E-state index in [0.29, 0.717) is 23.5 Å². The fourth-order valence-electron chi connectivity index (χ4n) is 3.09. The van der Waals surface area contributed by atoms with E-state index in [1.807, 2.05) is 20.0 Å². The molecule has 2 aromatic rings. The number of hydrogen-bond acceptors (Lipinski definition) is 5. The molecule has 1 aliphatic rings. The Labute approximate surface area is 174 Å². The van der Waals surface area contributed by atoms with Crippen molar-refractivity contribution in [2.24, 2.45) is 0 Å². The maximum absolute atomic E-state index is 13.5. The summed E-state index contributed by atoms with van der Waals surface area (Å²) in [6.07, 6.45) is 4.98. The lowest BCUT2D eigenvalue weighted by molar-refractivity contribution is -0.120. The van der Waals surface area contributed by atoms with Gasteiger partial charge in [0.05, 0.1) is 5.56 Å². The normalized spacial score (nSPS) is 14.7. The van der Waals surface area contributed by atoms with Crippen molar-refractivity contribution >= 4 is 11.7 Å². The minimum atomic E-state index is -0.864. The average Bonchev–Trinajstić information content (AvgIpc) is 3.54. The summed E-state index contributed by atoms with van der Waals surface area (Å²) in [7, 11) is 1.81. The number of hydrogen-bond donors (Lipinski definition) is 2. The van der Waals surface area contributed by atoms with Gasteiger partial charge in [-0.3, -0.25) is 4.79 Å². The number of anilines is 1. The zero-order valence-electron chi connectivity index (χ0n) is 16.9. The highest BCUT2D eigenvalue weighted by Crippen LogP contribution is 2.45. The number of nitrogens with one attached hydrogen (secondary N) is 2. The van der Waals surface area contributed by atoms with Crippen molar-refractivity contribution in [3.8, 4) is 6.07 Å². The van der Waals surface area contributed by atoms with Gasteiger partial charge >= 0.3 is 0 Å². The lowest BCUT2D eigenvalue weighted by atomic mass is 10.0. The van der Waals surface area contributed by atoms with Crippen LogP contribution in [0.4, 0.5) is 14.6 Å². The van der Waals surface area contributed by atoms with E-state index in [-0.39, 0.29) is 17.9 Å². The van der Waals surface area contributed by atoms with Crippen molar-refractivity contribution in [1.82, 2.24) is 15.6 Å². The maximum Gasteiger partial charge on any atom is 0.225 e. The Morgan fingerprint density at radius 1 is 1.30 bits per heavy atom. The third-order valence-electron chi connectivity index (χ3n) is 5.23. The first-order chi connectivity index (χ1) is 14.3. The molecule has 0 atom stereocenters. The molecule has 0 aliphatic heterocycles. The summed E-state index contributed by atoms with van der Waals surface area (Å²) in [4.78, 5) is 18.2. The molecule has 8 heteroatoms. The zero-order chi connectivity index (χ0) is 21.7. The molecule has 0 saturated heterocycles. The molecule has 1 aromatic heterocycles. The van der Waals surface area contributed by atoms with E-state index in [0.717, 1.165) is 24.6 Å². The van der Waals surface area contributed by atoms with Gasteiger partial charge in [-0.2, -0.15) is 5.26 Å². The van der Waals surface area contributed by atoms with Crippen LogP contribution in [0, 0.1) is 23.0 Å². The molecule has 156 valence electrons. The van der Waals surface area contributed by atoms with E-state index in [2.05, 4.69) is 15.6 Å². The Hall–Kier alpha value is -3.31. The van der Waals surface area contributed by atoms with Gasteiger partial charge in [-0.15, -0.1) is 0 Å². The van der Waals surface area contributed by atoms with Crippen LogP contribution in [0.25, 0.3) is 0 Å². The number of allylic oxidation sites excluding steroid dienone is 1. The molecule has 0 unspecified atom stereocenters. The van der Waals surface area contributed by atoms with Gasteiger partial charge in [0, 0.05) is 43.6 Å². The predicted molar refractivity (Wildman–Crippen MR) is 109 cm³/mol. The monoisotopic (exact) mass is 411 g/mol. The summed E-state index contributed by atoms with van der Waals surface area (Å²) in [6, 6.07) is 9.36. The lowest BCUT2D eigenvalue weighted by Crippen LogP contribution is -2.33. The Bertz CT molecular complexity index is 994. The number of carbonyl (C=O) groups excluding carboxylic acids is 1. The number of aromatic nitrogens is 1. The summed E-state index contributed by atoms with van der Waals surface area (Å²) in [5, 5.41) is 14.9. The third-order valence-corrected chi connectivity index (χ3v) is 5.23. The number of nitriles is 1. The van der Waals surface area contributed by atoms with Gasteiger partial charge in [0.2, 0.25) is 5.91 Å². The standard InChI is InChI=1S/C22H23F2N5O/c1-15(29(2)20-6-3-16(12-25)14-26-20)13-27-21(30)7-10-28-22(8-9-22)17-4-5-18(23)19(24)11-17/h3-6,11,13-14,28H,7-10H2,1-2H3,(H,27,30)/b15-13+. The van der Waals surface area contributed by atoms with Gasteiger partial charge in [-0.05, 0) is 49.6 Å². The highest BCUT2D eigenvalue weighted by Gasteiger charge is 2.44. The fraction of sp³-hybridized carbons (Fsp3) is 0.318. The van der Waals surface area contributed by atoms with Crippen molar-refractivity contribution in [2.75, 3.05) is 18.5 Å². The number of halogens is 2. The minimum absolute atomic E-state index is 0.163. The van der Waals surface area contributed by atoms with Gasteiger partial charge in [0.15, 0.2) is 11.6 Å². The number of carbonyl (C=O) groups is 1. The van der Waals surface area contributed by atoms with Crippen LogP contribution in [0.3, 0.4) is 0 Å². The molecule has 6 nitrogen and oxygen atoms in total. The van der Waals surface area contributed by atoms with Crippen LogP contribution in [-0.2, 0) is 10.3 Å².